The third kappa shape index (κ3) is 3.89. The van der Waals surface area contributed by atoms with Gasteiger partial charge in [0.2, 0.25) is 0 Å². The molecule has 2 nitrogen and oxygen atoms in total. The Bertz CT molecular complexity index is 361. The predicted octanol–water partition coefficient (Wildman–Crippen LogP) is 3.79. The fourth-order valence-electron chi connectivity index (χ4n) is 1.38. The van der Waals surface area contributed by atoms with E-state index in [-0.39, 0.29) is 24.1 Å². The van der Waals surface area contributed by atoms with E-state index in [0.717, 1.165) is 16.2 Å². The highest BCUT2D eigenvalue weighted by Gasteiger charge is 2.32. The van der Waals surface area contributed by atoms with Crippen LogP contribution in [-0.4, -0.2) is 11.1 Å². The molecule has 1 N–H and O–H groups in total. The summed E-state index contributed by atoms with van der Waals surface area (Å²) < 4.78 is 27.1. The molecule has 0 amide bonds. The van der Waals surface area contributed by atoms with Gasteiger partial charge in [0.15, 0.2) is 0 Å². The number of hydrogen-bond donors (Lipinski definition) is 1. The number of rotatable bonds is 6. The lowest BCUT2D eigenvalue weighted by atomic mass is 10.1. The molecule has 5 heteroatoms. The van der Waals surface area contributed by atoms with Gasteiger partial charge < -0.3 is 5.11 Å². The first-order valence-corrected chi connectivity index (χ1v) is 5.90. The lowest BCUT2D eigenvalue weighted by Crippen LogP contribution is -2.11. The highest BCUT2D eigenvalue weighted by molar-refractivity contribution is 7.12. The summed E-state index contributed by atoms with van der Waals surface area (Å²) in [4.78, 5) is 11.1. The maximum Gasteiger partial charge on any atom is 0.303 e. The molecule has 0 saturated heterocycles. The first-order chi connectivity index (χ1) is 7.42. The molecule has 0 aliphatic heterocycles. The van der Waals surface area contributed by atoms with Gasteiger partial charge in [-0.1, -0.05) is 0 Å². The van der Waals surface area contributed by atoms with E-state index in [0.29, 0.717) is 6.42 Å². The Morgan fingerprint density at radius 2 is 2.12 bits per heavy atom. The zero-order chi connectivity index (χ0) is 12.2. The number of alkyl halides is 2. The number of unbranched alkanes of at least 4 members (excludes halogenated alkanes) is 1. The average Bonchev–Trinajstić information content (AvgIpc) is 2.60. The molecule has 0 aliphatic carbocycles. The highest BCUT2D eigenvalue weighted by atomic mass is 32.1. The van der Waals surface area contributed by atoms with Crippen molar-refractivity contribution in [3.05, 3.63) is 21.9 Å². The molecule has 1 rings (SSSR count). The molecule has 1 aromatic rings. The summed E-state index contributed by atoms with van der Waals surface area (Å²) >= 11 is 1.09. The molecular formula is C11H14F2O2S. The summed E-state index contributed by atoms with van der Waals surface area (Å²) in [6.07, 6.45) is 0.214. The van der Waals surface area contributed by atoms with Crippen LogP contribution in [-0.2, 0) is 10.7 Å². The van der Waals surface area contributed by atoms with Gasteiger partial charge in [-0.3, -0.25) is 4.79 Å². The van der Waals surface area contributed by atoms with Gasteiger partial charge in [-0.2, -0.15) is 0 Å². The van der Waals surface area contributed by atoms with Crippen molar-refractivity contribution < 1.29 is 18.7 Å². The van der Waals surface area contributed by atoms with Crippen molar-refractivity contribution in [2.24, 2.45) is 0 Å². The smallest absolute Gasteiger partial charge is 0.303 e. The highest BCUT2D eigenvalue weighted by Crippen LogP contribution is 2.37. The van der Waals surface area contributed by atoms with E-state index in [1.165, 1.54) is 6.07 Å². The van der Waals surface area contributed by atoms with Gasteiger partial charge in [0.05, 0.1) is 4.88 Å². The van der Waals surface area contributed by atoms with Gasteiger partial charge in [-0.25, -0.2) is 8.78 Å². The number of thiophene rings is 1. The molecule has 0 radical (unpaired) electrons. The van der Waals surface area contributed by atoms with Crippen LogP contribution in [0.3, 0.4) is 0 Å². The largest absolute Gasteiger partial charge is 0.481 e. The SMILES string of the molecule is Cc1ccc(C(F)(F)CCCCC(=O)O)s1. The summed E-state index contributed by atoms with van der Waals surface area (Å²) in [7, 11) is 0. The van der Waals surface area contributed by atoms with Crippen molar-refractivity contribution in [2.45, 2.75) is 38.5 Å². The van der Waals surface area contributed by atoms with Gasteiger partial charge in [0, 0.05) is 17.7 Å². The Kier molecular flexibility index (Phi) is 4.41. The second-order valence-corrected chi connectivity index (χ2v) is 5.00. The first kappa shape index (κ1) is 13.1. The molecule has 16 heavy (non-hydrogen) atoms. The second-order valence-electron chi connectivity index (χ2n) is 3.72. The molecule has 0 atom stereocenters. The average molecular weight is 248 g/mol. The van der Waals surface area contributed by atoms with Crippen LogP contribution in [0.5, 0.6) is 0 Å². The summed E-state index contributed by atoms with van der Waals surface area (Å²) in [5.41, 5.74) is 0. The summed E-state index contributed by atoms with van der Waals surface area (Å²) in [6, 6.07) is 3.11. The molecule has 0 saturated carbocycles. The minimum absolute atomic E-state index is 0.0421. The molecule has 0 unspecified atom stereocenters. The van der Waals surface area contributed by atoms with Crippen molar-refractivity contribution in [2.75, 3.05) is 0 Å². The van der Waals surface area contributed by atoms with Crippen molar-refractivity contribution in [3.63, 3.8) is 0 Å². The van der Waals surface area contributed by atoms with Gasteiger partial charge >= 0.3 is 5.97 Å². The van der Waals surface area contributed by atoms with Crippen LogP contribution in [0.2, 0.25) is 0 Å². The number of carboxylic acid groups (broad SMARTS) is 1. The third-order valence-corrected chi connectivity index (χ3v) is 3.34. The van der Waals surface area contributed by atoms with Crippen molar-refractivity contribution >= 4 is 17.3 Å². The topological polar surface area (TPSA) is 37.3 Å². The second kappa shape index (κ2) is 5.39. The number of aryl methyl sites for hydroxylation is 1. The van der Waals surface area contributed by atoms with Gasteiger partial charge in [-0.05, 0) is 31.9 Å². The van der Waals surface area contributed by atoms with Crippen LogP contribution in [0.1, 0.15) is 35.4 Å². The van der Waals surface area contributed by atoms with Crippen LogP contribution in [0.4, 0.5) is 8.78 Å². The van der Waals surface area contributed by atoms with E-state index in [1.807, 2.05) is 0 Å². The molecule has 0 bridgehead atoms. The fourth-order valence-corrected chi connectivity index (χ4v) is 2.25. The number of hydrogen-bond acceptors (Lipinski definition) is 2. The lowest BCUT2D eigenvalue weighted by molar-refractivity contribution is -0.137. The predicted molar refractivity (Wildman–Crippen MR) is 59.1 cm³/mol. The van der Waals surface area contributed by atoms with Crippen LogP contribution in [0.15, 0.2) is 12.1 Å². The van der Waals surface area contributed by atoms with Gasteiger partial charge in [-0.15, -0.1) is 11.3 Å². The van der Waals surface area contributed by atoms with Crippen molar-refractivity contribution in [3.8, 4) is 0 Å². The Balaban J connectivity index is 2.43. The normalized spacial score (nSPS) is 11.7. The molecule has 1 aromatic heterocycles. The summed E-state index contributed by atoms with van der Waals surface area (Å²) in [5.74, 6) is -3.76. The van der Waals surface area contributed by atoms with Crippen molar-refractivity contribution in [1.29, 1.82) is 0 Å². The lowest BCUT2D eigenvalue weighted by Gasteiger charge is -2.13. The van der Waals surface area contributed by atoms with E-state index in [9.17, 15) is 13.6 Å². The van der Waals surface area contributed by atoms with Crippen LogP contribution >= 0.6 is 11.3 Å². The van der Waals surface area contributed by atoms with Crippen LogP contribution in [0.25, 0.3) is 0 Å². The maximum absolute atomic E-state index is 13.6. The molecule has 90 valence electrons. The third-order valence-electron chi connectivity index (χ3n) is 2.23. The van der Waals surface area contributed by atoms with E-state index >= 15 is 0 Å². The van der Waals surface area contributed by atoms with Crippen LogP contribution in [0, 0.1) is 6.92 Å². The standard InChI is InChI=1S/C11H14F2O2S/c1-8-5-6-9(16-8)11(12,13)7-3-2-4-10(14)15/h5-6H,2-4,7H2,1H3,(H,14,15). The van der Waals surface area contributed by atoms with E-state index in [2.05, 4.69) is 0 Å². The quantitative estimate of drug-likeness (QED) is 0.777. The Morgan fingerprint density at radius 3 is 2.62 bits per heavy atom. The van der Waals surface area contributed by atoms with Crippen LogP contribution < -0.4 is 0 Å². The number of halogens is 2. The molecule has 0 spiro atoms. The summed E-state index contributed by atoms with van der Waals surface area (Å²) in [6.45, 7) is 1.79. The van der Waals surface area contributed by atoms with E-state index < -0.39 is 11.9 Å². The number of aliphatic carboxylic acids is 1. The summed E-state index contributed by atoms with van der Waals surface area (Å²) in [5, 5.41) is 8.38. The zero-order valence-corrected chi connectivity index (χ0v) is 9.82. The molecule has 0 fully saturated rings. The Morgan fingerprint density at radius 1 is 1.44 bits per heavy atom. The molecule has 0 aromatic carbocycles. The molecule has 1 heterocycles. The number of carboxylic acids is 1. The van der Waals surface area contributed by atoms with Gasteiger partial charge in [0.1, 0.15) is 0 Å². The van der Waals surface area contributed by atoms with Crippen molar-refractivity contribution in [1.82, 2.24) is 0 Å². The number of carbonyl (C=O) groups is 1. The molecular weight excluding hydrogens is 234 g/mol. The minimum Gasteiger partial charge on any atom is -0.481 e. The minimum atomic E-state index is -2.82. The first-order valence-electron chi connectivity index (χ1n) is 5.08. The van der Waals surface area contributed by atoms with E-state index in [4.69, 9.17) is 5.11 Å². The fraction of sp³-hybridized carbons (Fsp3) is 0.545. The monoisotopic (exact) mass is 248 g/mol. The van der Waals surface area contributed by atoms with E-state index in [1.54, 1.807) is 13.0 Å². The zero-order valence-electron chi connectivity index (χ0n) is 9.00. The maximum atomic E-state index is 13.6. The Hall–Kier alpha value is -0.970. The van der Waals surface area contributed by atoms with Gasteiger partial charge in [0.25, 0.3) is 5.92 Å². The molecule has 0 aliphatic rings. The Labute approximate surface area is 96.9 Å².